The summed E-state index contributed by atoms with van der Waals surface area (Å²) in [5.41, 5.74) is 3.92. The van der Waals surface area contributed by atoms with Crippen LogP contribution in [0, 0.1) is 0 Å². The van der Waals surface area contributed by atoms with Crippen LogP contribution in [0.5, 0.6) is 0 Å². The van der Waals surface area contributed by atoms with Crippen LogP contribution in [0.15, 0.2) is 30.9 Å². The van der Waals surface area contributed by atoms with Crippen LogP contribution in [0.3, 0.4) is 0 Å². The zero-order valence-electron chi connectivity index (χ0n) is 10.3. The molecule has 0 spiro atoms. The number of anilines is 1. The Morgan fingerprint density at radius 3 is 3.06 bits per heavy atom. The summed E-state index contributed by atoms with van der Waals surface area (Å²) >= 11 is 0. The molecule has 3 aromatic rings. The van der Waals surface area contributed by atoms with Crippen molar-refractivity contribution in [2.45, 2.75) is 13.0 Å². The fraction of sp³-hybridized carbons (Fsp3) is 0.250. The molecule has 1 atom stereocenters. The molecule has 6 nitrogen and oxygen atoms in total. The van der Waals surface area contributed by atoms with Gasteiger partial charge in [-0.1, -0.05) is 0 Å². The van der Waals surface area contributed by atoms with Crippen LogP contribution in [0.2, 0.25) is 0 Å². The number of aromatic amines is 1. The van der Waals surface area contributed by atoms with Crippen molar-refractivity contribution in [3.63, 3.8) is 0 Å². The molecular formula is C12H14N6. The van der Waals surface area contributed by atoms with Crippen molar-refractivity contribution in [1.29, 1.82) is 0 Å². The lowest BCUT2D eigenvalue weighted by Gasteiger charge is -2.13. The van der Waals surface area contributed by atoms with Gasteiger partial charge in [-0.3, -0.25) is 14.8 Å². The molecule has 18 heavy (non-hydrogen) atoms. The number of hydrogen-bond acceptors (Lipinski definition) is 4. The number of aromatic nitrogens is 5. The SMILES string of the molecule is CC(Nc1ccnc2cn[nH]c12)c1cnn(C)c1. The third-order valence-electron chi connectivity index (χ3n) is 2.94. The first-order valence-corrected chi connectivity index (χ1v) is 5.77. The van der Waals surface area contributed by atoms with Crippen LogP contribution in [-0.2, 0) is 7.05 Å². The molecule has 0 saturated heterocycles. The molecule has 3 aromatic heterocycles. The van der Waals surface area contributed by atoms with E-state index >= 15 is 0 Å². The quantitative estimate of drug-likeness (QED) is 0.735. The Hall–Kier alpha value is -2.37. The summed E-state index contributed by atoms with van der Waals surface area (Å²) in [7, 11) is 1.91. The van der Waals surface area contributed by atoms with Gasteiger partial charge in [-0.25, -0.2) is 0 Å². The van der Waals surface area contributed by atoms with Crippen molar-refractivity contribution in [1.82, 2.24) is 25.0 Å². The monoisotopic (exact) mass is 242 g/mol. The highest BCUT2D eigenvalue weighted by atomic mass is 15.2. The van der Waals surface area contributed by atoms with Crippen molar-refractivity contribution in [2.24, 2.45) is 7.05 Å². The van der Waals surface area contributed by atoms with Gasteiger partial charge in [0.05, 0.1) is 24.1 Å². The zero-order chi connectivity index (χ0) is 12.5. The maximum atomic E-state index is 4.24. The predicted molar refractivity (Wildman–Crippen MR) is 69.1 cm³/mol. The minimum Gasteiger partial charge on any atom is -0.377 e. The maximum Gasteiger partial charge on any atom is 0.110 e. The van der Waals surface area contributed by atoms with E-state index in [-0.39, 0.29) is 6.04 Å². The van der Waals surface area contributed by atoms with Gasteiger partial charge in [0, 0.05) is 25.0 Å². The number of nitrogens with one attached hydrogen (secondary N) is 2. The van der Waals surface area contributed by atoms with Gasteiger partial charge >= 0.3 is 0 Å². The Balaban J connectivity index is 1.90. The lowest BCUT2D eigenvalue weighted by molar-refractivity contribution is 0.765. The first-order chi connectivity index (χ1) is 8.74. The topological polar surface area (TPSA) is 71.4 Å². The van der Waals surface area contributed by atoms with E-state index in [2.05, 4.69) is 32.5 Å². The second-order valence-corrected chi connectivity index (χ2v) is 4.30. The van der Waals surface area contributed by atoms with E-state index in [0.29, 0.717) is 0 Å². The molecular weight excluding hydrogens is 228 g/mol. The van der Waals surface area contributed by atoms with Gasteiger partial charge in [0.2, 0.25) is 0 Å². The summed E-state index contributed by atoms with van der Waals surface area (Å²) in [6.45, 7) is 2.10. The van der Waals surface area contributed by atoms with Crippen LogP contribution in [0.1, 0.15) is 18.5 Å². The van der Waals surface area contributed by atoms with Gasteiger partial charge in [0.25, 0.3) is 0 Å². The Kier molecular flexibility index (Phi) is 2.47. The van der Waals surface area contributed by atoms with Crippen LogP contribution in [-0.4, -0.2) is 25.0 Å². The van der Waals surface area contributed by atoms with Gasteiger partial charge in [-0.2, -0.15) is 10.2 Å². The number of hydrogen-bond donors (Lipinski definition) is 2. The molecule has 0 bridgehead atoms. The lowest BCUT2D eigenvalue weighted by atomic mass is 10.2. The molecule has 0 fully saturated rings. The highest BCUT2D eigenvalue weighted by Crippen LogP contribution is 2.23. The molecule has 6 heteroatoms. The number of H-pyrrole nitrogens is 1. The highest BCUT2D eigenvalue weighted by molar-refractivity contribution is 5.86. The van der Waals surface area contributed by atoms with Gasteiger partial charge in [0.15, 0.2) is 0 Å². The number of rotatable bonds is 3. The summed E-state index contributed by atoms with van der Waals surface area (Å²) in [5, 5.41) is 14.6. The summed E-state index contributed by atoms with van der Waals surface area (Å²) in [6, 6.07) is 2.11. The molecule has 3 rings (SSSR count). The highest BCUT2D eigenvalue weighted by Gasteiger charge is 2.10. The standard InChI is InChI=1S/C12H14N6/c1-8(9-5-15-18(2)7-9)16-10-3-4-13-11-6-14-17-12(10)11/h3-8H,1-2H3,(H,13,16)(H,14,17). The van der Waals surface area contributed by atoms with Gasteiger partial charge in [-0.05, 0) is 13.0 Å². The van der Waals surface area contributed by atoms with Crippen molar-refractivity contribution in [3.05, 3.63) is 36.4 Å². The summed E-state index contributed by atoms with van der Waals surface area (Å²) in [4.78, 5) is 4.24. The van der Waals surface area contributed by atoms with Gasteiger partial charge in [-0.15, -0.1) is 0 Å². The van der Waals surface area contributed by atoms with Crippen LogP contribution in [0.4, 0.5) is 5.69 Å². The molecule has 0 aliphatic rings. The van der Waals surface area contributed by atoms with E-state index < -0.39 is 0 Å². The molecule has 2 N–H and O–H groups in total. The molecule has 0 aliphatic heterocycles. The van der Waals surface area contributed by atoms with Crippen LogP contribution < -0.4 is 5.32 Å². The average Bonchev–Trinajstić information content (AvgIpc) is 2.97. The maximum absolute atomic E-state index is 4.24. The average molecular weight is 242 g/mol. The lowest BCUT2D eigenvalue weighted by Crippen LogP contribution is -2.06. The van der Waals surface area contributed by atoms with Crippen LogP contribution in [0.25, 0.3) is 11.0 Å². The third kappa shape index (κ3) is 1.81. The van der Waals surface area contributed by atoms with Crippen molar-refractivity contribution in [2.75, 3.05) is 5.32 Å². The van der Waals surface area contributed by atoms with E-state index in [1.54, 1.807) is 17.1 Å². The third-order valence-corrected chi connectivity index (χ3v) is 2.94. The Labute approximate surface area is 104 Å². The van der Waals surface area contributed by atoms with Gasteiger partial charge in [0.1, 0.15) is 11.0 Å². The van der Waals surface area contributed by atoms with E-state index in [1.165, 1.54) is 0 Å². The molecule has 0 aliphatic carbocycles. The molecule has 92 valence electrons. The number of aryl methyl sites for hydroxylation is 1. The summed E-state index contributed by atoms with van der Waals surface area (Å²) in [6.07, 6.45) is 7.36. The Morgan fingerprint density at radius 1 is 1.39 bits per heavy atom. The second kappa shape index (κ2) is 4.14. The normalized spacial score (nSPS) is 12.8. The molecule has 0 radical (unpaired) electrons. The Morgan fingerprint density at radius 2 is 2.28 bits per heavy atom. The fourth-order valence-corrected chi connectivity index (χ4v) is 1.95. The largest absolute Gasteiger partial charge is 0.377 e. The van der Waals surface area contributed by atoms with E-state index in [4.69, 9.17) is 0 Å². The van der Waals surface area contributed by atoms with Crippen molar-refractivity contribution in [3.8, 4) is 0 Å². The van der Waals surface area contributed by atoms with E-state index in [0.717, 1.165) is 22.3 Å². The molecule has 0 aromatic carbocycles. The van der Waals surface area contributed by atoms with Crippen LogP contribution >= 0.6 is 0 Å². The molecule has 0 saturated carbocycles. The smallest absolute Gasteiger partial charge is 0.110 e. The van der Waals surface area contributed by atoms with Crippen molar-refractivity contribution < 1.29 is 0 Å². The fourth-order valence-electron chi connectivity index (χ4n) is 1.95. The minimum absolute atomic E-state index is 0.174. The van der Waals surface area contributed by atoms with Crippen molar-refractivity contribution >= 4 is 16.7 Å². The molecule has 0 amide bonds. The van der Waals surface area contributed by atoms with E-state index in [1.807, 2.05) is 25.5 Å². The van der Waals surface area contributed by atoms with Gasteiger partial charge < -0.3 is 5.32 Å². The minimum atomic E-state index is 0.174. The number of fused-ring (bicyclic) bond motifs is 1. The first kappa shape index (κ1) is 10.8. The predicted octanol–water partition coefficient (Wildman–Crippen LogP) is 1.86. The summed E-state index contributed by atoms with van der Waals surface area (Å²) in [5.74, 6) is 0. The second-order valence-electron chi connectivity index (χ2n) is 4.30. The Bertz CT molecular complexity index is 668. The molecule has 3 heterocycles. The zero-order valence-corrected chi connectivity index (χ0v) is 10.3. The molecule has 1 unspecified atom stereocenters. The summed E-state index contributed by atoms with van der Waals surface area (Å²) < 4.78 is 1.80. The number of nitrogens with zero attached hydrogens (tertiary/aromatic N) is 4. The number of pyridine rings is 1. The first-order valence-electron chi connectivity index (χ1n) is 5.77. The van der Waals surface area contributed by atoms with E-state index in [9.17, 15) is 0 Å².